The number of nitrogens with zero attached hydrogens (tertiary/aromatic N) is 3. The number of aromatic nitrogens is 2. The minimum absolute atomic E-state index is 0.210. The number of carbonyl (C=O) groups excluding carboxylic acids is 1. The first kappa shape index (κ1) is 25.5. The summed E-state index contributed by atoms with van der Waals surface area (Å²) in [4.78, 5) is 25.9. The smallest absolute Gasteiger partial charge is 0.410 e. The average molecular weight is 512 g/mol. The molecule has 0 radical (unpaired) electrons. The maximum atomic E-state index is 13.0. The van der Waals surface area contributed by atoms with Crippen LogP contribution in [-0.4, -0.2) is 37.5 Å². The van der Waals surface area contributed by atoms with Gasteiger partial charge in [0.15, 0.2) is 0 Å². The molecule has 1 amide bonds. The van der Waals surface area contributed by atoms with Gasteiger partial charge in [0, 0.05) is 25.0 Å². The van der Waals surface area contributed by atoms with Crippen molar-refractivity contribution in [2.75, 3.05) is 0 Å². The van der Waals surface area contributed by atoms with Crippen molar-refractivity contribution in [1.82, 2.24) is 14.7 Å². The van der Waals surface area contributed by atoms with Crippen LogP contribution < -0.4 is 0 Å². The molecular weight excluding hydrogens is 478 g/mol. The quantitative estimate of drug-likeness (QED) is 0.283. The molecule has 0 unspecified atom stereocenters. The van der Waals surface area contributed by atoms with Crippen LogP contribution in [0.2, 0.25) is 0 Å². The lowest BCUT2D eigenvalue weighted by molar-refractivity contribution is 0.0216. The fourth-order valence-electron chi connectivity index (χ4n) is 4.46. The number of ether oxygens (including phenoxy) is 1. The molecule has 0 spiro atoms. The van der Waals surface area contributed by atoms with Crippen molar-refractivity contribution in [2.24, 2.45) is 5.92 Å². The normalized spacial score (nSPS) is 13.4. The van der Waals surface area contributed by atoms with Gasteiger partial charge in [-0.15, -0.1) is 0 Å². The number of hydrogen-bond acceptors (Lipinski definition) is 4. The number of aromatic carboxylic acids is 1. The van der Waals surface area contributed by atoms with E-state index in [9.17, 15) is 14.7 Å². The van der Waals surface area contributed by atoms with Crippen LogP contribution >= 0.6 is 0 Å². The average Bonchev–Trinajstić information content (AvgIpc) is 3.61. The summed E-state index contributed by atoms with van der Waals surface area (Å²) in [7, 11) is 0. The van der Waals surface area contributed by atoms with Crippen molar-refractivity contribution in [1.29, 1.82) is 0 Å². The van der Waals surface area contributed by atoms with Crippen molar-refractivity contribution >= 4 is 23.0 Å². The highest BCUT2D eigenvalue weighted by Gasteiger charge is 2.24. The van der Waals surface area contributed by atoms with Crippen molar-refractivity contribution in [3.05, 3.63) is 89.6 Å². The van der Waals surface area contributed by atoms with Gasteiger partial charge in [-0.1, -0.05) is 42.5 Å². The summed E-state index contributed by atoms with van der Waals surface area (Å²) >= 11 is 0. The van der Waals surface area contributed by atoms with E-state index in [1.54, 1.807) is 29.2 Å². The highest BCUT2D eigenvalue weighted by molar-refractivity contribution is 5.87. The molecule has 1 N–H and O–H groups in total. The van der Waals surface area contributed by atoms with Crippen LogP contribution in [0.1, 0.15) is 55.1 Å². The number of hydrogen-bond donors (Lipinski definition) is 1. The minimum atomic E-state index is -0.980. The van der Waals surface area contributed by atoms with E-state index in [-0.39, 0.29) is 5.56 Å². The van der Waals surface area contributed by atoms with Gasteiger partial charge in [0.25, 0.3) is 0 Å². The van der Waals surface area contributed by atoms with Crippen LogP contribution in [0.4, 0.5) is 4.79 Å². The summed E-state index contributed by atoms with van der Waals surface area (Å²) < 4.78 is 7.77. The van der Waals surface area contributed by atoms with Gasteiger partial charge in [0.05, 0.1) is 17.3 Å². The van der Waals surface area contributed by atoms with Crippen molar-refractivity contribution in [2.45, 2.75) is 58.8 Å². The third-order valence-electron chi connectivity index (χ3n) is 6.66. The molecule has 0 bridgehead atoms. The molecule has 1 heterocycles. The van der Waals surface area contributed by atoms with Crippen LogP contribution in [0, 0.1) is 5.92 Å². The summed E-state index contributed by atoms with van der Waals surface area (Å²) in [5.74, 6) is -0.207. The number of carbonyl (C=O) groups is 2. The molecule has 5 rings (SSSR count). The summed E-state index contributed by atoms with van der Waals surface area (Å²) in [5.41, 5.74) is 4.77. The fraction of sp³-hybridized carbons (Fsp3) is 0.323. The molecule has 1 aliphatic carbocycles. The van der Waals surface area contributed by atoms with E-state index in [1.807, 2.05) is 39.1 Å². The Bertz CT molecular complexity index is 1450. The Morgan fingerprint density at radius 2 is 1.55 bits per heavy atom. The Morgan fingerprint density at radius 3 is 2.13 bits per heavy atom. The van der Waals surface area contributed by atoms with Crippen LogP contribution in [-0.2, 0) is 24.4 Å². The van der Waals surface area contributed by atoms with E-state index in [0.29, 0.717) is 13.1 Å². The second-order valence-electron chi connectivity index (χ2n) is 11.1. The molecule has 1 fully saturated rings. The number of rotatable bonds is 8. The van der Waals surface area contributed by atoms with Crippen LogP contribution in [0.3, 0.4) is 0 Å². The SMILES string of the molecule is CC(C)(C)OC(=O)N(Cc1ccc(C(=O)O)cc1)Cc1ccc(-c2ccc3c(cnn3CC3CC3)c2)cc1. The second-order valence-corrected chi connectivity index (χ2v) is 11.1. The Hall–Kier alpha value is -4.13. The Balaban J connectivity index is 1.32. The first-order chi connectivity index (χ1) is 18.1. The van der Waals surface area contributed by atoms with Gasteiger partial charge in [0.1, 0.15) is 5.60 Å². The lowest BCUT2D eigenvalue weighted by atomic mass is 10.0. The maximum absolute atomic E-state index is 13.0. The third kappa shape index (κ3) is 6.22. The van der Waals surface area contributed by atoms with Crippen molar-refractivity contribution in [3.63, 3.8) is 0 Å². The first-order valence-electron chi connectivity index (χ1n) is 13.0. The molecule has 0 aliphatic heterocycles. The zero-order valence-electron chi connectivity index (χ0n) is 22.1. The maximum Gasteiger partial charge on any atom is 0.410 e. The molecule has 1 aliphatic rings. The number of benzene rings is 3. The molecule has 196 valence electrons. The second kappa shape index (κ2) is 10.3. The summed E-state index contributed by atoms with van der Waals surface area (Å²) in [6, 6.07) is 21.2. The summed E-state index contributed by atoms with van der Waals surface area (Å²) in [6.07, 6.45) is 4.12. The number of carboxylic acid groups (broad SMARTS) is 1. The highest BCUT2D eigenvalue weighted by Crippen LogP contribution is 2.32. The van der Waals surface area contributed by atoms with Gasteiger partial charge in [-0.2, -0.15) is 5.10 Å². The molecule has 1 aromatic heterocycles. The number of fused-ring (bicyclic) bond motifs is 1. The molecule has 0 atom stereocenters. The van der Waals surface area contributed by atoms with Crippen LogP contribution in [0.25, 0.3) is 22.0 Å². The number of amides is 1. The molecule has 3 aromatic carbocycles. The highest BCUT2D eigenvalue weighted by atomic mass is 16.6. The van der Waals surface area contributed by atoms with E-state index < -0.39 is 17.7 Å². The molecule has 7 nitrogen and oxygen atoms in total. The van der Waals surface area contributed by atoms with Crippen molar-refractivity contribution < 1.29 is 19.4 Å². The molecule has 7 heteroatoms. The largest absolute Gasteiger partial charge is 0.478 e. The zero-order chi connectivity index (χ0) is 26.9. The van der Waals surface area contributed by atoms with E-state index in [0.717, 1.165) is 40.1 Å². The topological polar surface area (TPSA) is 84.7 Å². The minimum Gasteiger partial charge on any atom is -0.478 e. The third-order valence-corrected chi connectivity index (χ3v) is 6.66. The molecular formula is C31H33N3O4. The lowest BCUT2D eigenvalue weighted by Gasteiger charge is -2.27. The molecule has 0 saturated heterocycles. The van der Waals surface area contributed by atoms with Crippen LogP contribution in [0.5, 0.6) is 0 Å². The molecule has 4 aromatic rings. The van der Waals surface area contributed by atoms with Gasteiger partial charge in [0.2, 0.25) is 0 Å². The lowest BCUT2D eigenvalue weighted by Crippen LogP contribution is -2.36. The Labute approximate surface area is 222 Å². The predicted molar refractivity (Wildman–Crippen MR) is 147 cm³/mol. The van der Waals surface area contributed by atoms with Crippen LogP contribution in [0.15, 0.2) is 72.9 Å². The molecule has 38 heavy (non-hydrogen) atoms. The van der Waals surface area contributed by atoms with E-state index in [1.165, 1.54) is 18.4 Å². The predicted octanol–water partition coefficient (Wildman–Crippen LogP) is 6.75. The number of carboxylic acids is 1. The van der Waals surface area contributed by atoms with E-state index >= 15 is 0 Å². The molecule has 1 saturated carbocycles. The summed E-state index contributed by atoms with van der Waals surface area (Å²) in [6.45, 7) is 7.18. The zero-order valence-corrected chi connectivity index (χ0v) is 22.1. The van der Waals surface area contributed by atoms with E-state index in [2.05, 4.69) is 40.1 Å². The van der Waals surface area contributed by atoms with Gasteiger partial charge >= 0.3 is 12.1 Å². The van der Waals surface area contributed by atoms with Gasteiger partial charge < -0.3 is 9.84 Å². The standard InChI is InChI=1S/C31H33N3O4/c1-31(2,3)38-30(37)33(19-22-8-12-25(13-9-22)29(35)36)18-21-6-10-24(11-7-21)26-14-15-28-27(16-26)17-32-34(28)20-23-4-5-23/h6-17,23H,4-5,18-20H2,1-3H3,(H,35,36). The monoisotopic (exact) mass is 511 g/mol. The van der Waals surface area contributed by atoms with Crippen molar-refractivity contribution in [3.8, 4) is 11.1 Å². The first-order valence-corrected chi connectivity index (χ1v) is 13.0. The van der Waals surface area contributed by atoms with Gasteiger partial charge in [-0.25, -0.2) is 9.59 Å². The van der Waals surface area contributed by atoms with Gasteiger partial charge in [-0.05, 0) is 86.1 Å². The van der Waals surface area contributed by atoms with Gasteiger partial charge in [-0.3, -0.25) is 9.58 Å². The van der Waals surface area contributed by atoms with E-state index in [4.69, 9.17) is 4.74 Å². The Kier molecular flexibility index (Phi) is 6.93. The fourth-order valence-corrected chi connectivity index (χ4v) is 4.46. The Morgan fingerprint density at radius 1 is 0.947 bits per heavy atom. The summed E-state index contributed by atoms with van der Waals surface area (Å²) in [5, 5.41) is 14.9.